The highest BCUT2D eigenvalue weighted by atomic mass is 16.5. The summed E-state index contributed by atoms with van der Waals surface area (Å²) in [4.78, 5) is 11.1. The van der Waals surface area contributed by atoms with Gasteiger partial charge in [-0.2, -0.15) is 0 Å². The van der Waals surface area contributed by atoms with Gasteiger partial charge in [0.1, 0.15) is 0 Å². The lowest BCUT2D eigenvalue weighted by atomic mass is 10.1. The van der Waals surface area contributed by atoms with Crippen molar-refractivity contribution in [3.05, 3.63) is 48.2 Å². The monoisotopic (exact) mass is 162 g/mol. The van der Waals surface area contributed by atoms with Crippen LogP contribution < -0.4 is 0 Å². The van der Waals surface area contributed by atoms with Crippen molar-refractivity contribution in [2.45, 2.75) is 6.92 Å². The van der Waals surface area contributed by atoms with Crippen molar-refractivity contribution >= 4 is 5.97 Å². The maximum Gasteiger partial charge on any atom is 0.342 e. The van der Waals surface area contributed by atoms with E-state index < -0.39 is 0 Å². The average Bonchev–Trinajstić information content (AvgIpc) is 2.05. The van der Waals surface area contributed by atoms with E-state index in [0.717, 1.165) is 11.8 Å². The predicted molar refractivity (Wildman–Crippen MR) is 46.8 cm³/mol. The Bertz CT molecular complexity index is 302. The quantitative estimate of drug-likeness (QED) is 0.492. The second-order valence-electron chi connectivity index (χ2n) is 2.44. The molecular formula is C10H10O2. The summed E-state index contributed by atoms with van der Waals surface area (Å²) in [6.45, 7) is 5.23. The number of ether oxygens (including phenoxy) is 1. The number of esters is 1. The largest absolute Gasteiger partial charge is 0.432 e. The molecule has 1 aromatic rings. The first-order chi connectivity index (χ1) is 5.74. The second kappa shape index (κ2) is 3.72. The Morgan fingerprint density at radius 3 is 2.92 bits per heavy atom. The summed E-state index contributed by atoms with van der Waals surface area (Å²) in [5.74, 6) is -0.367. The van der Waals surface area contributed by atoms with Crippen LogP contribution >= 0.6 is 0 Å². The Morgan fingerprint density at radius 1 is 1.58 bits per heavy atom. The van der Waals surface area contributed by atoms with Crippen LogP contribution in [0.5, 0.6) is 0 Å². The first kappa shape index (κ1) is 8.53. The van der Waals surface area contributed by atoms with E-state index in [1.54, 1.807) is 12.1 Å². The molecule has 62 valence electrons. The molecule has 0 N–H and O–H groups in total. The predicted octanol–water partition coefficient (Wildman–Crippen LogP) is 2.30. The molecule has 0 aliphatic carbocycles. The molecule has 0 heterocycles. The molecule has 0 unspecified atom stereocenters. The van der Waals surface area contributed by atoms with E-state index in [1.807, 2.05) is 19.1 Å². The van der Waals surface area contributed by atoms with Crippen LogP contribution in [0.15, 0.2) is 37.1 Å². The summed E-state index contributed by atoms with van der Waals surface area (Å²) >= 11 is 0. The minimum atomic E-state index is -0.367. The zero-order valence-corrected chi connectivity index (χ0v) is 6.91. The van der Waals surface area contributed by atoms with Crippen molar-refractivity contribution in [1.82, 2.24) is 0 Å². The standard InChI is InChI=1S/C10H10O2/c1-3-12-10(11)9-6-4-5-8(2)7-9/h3-7H,1H2,2H3. The molecule has 0 spiro atoms. The molecule has 2 nitrogen and oxygen atoms in total. The first-order valence-corrected chi connectivity index (χ1v) is 3.62. The van der Waals surface area contributed by atoms with E-state index in [9.17, 15) is 4.79 Å². The fraction of sp³-hybridized carbons (Fsp3) is 0.100. The number of carbonyl (C=O) groups is 1. The van der Waals surface area contributed by atoms with Crippen molar-refractivity contribution in [2.24, 2.45) is 0 Å². The third-order valence-electron chi connectivity index (χ3n) is 1.44. The summed E-state index contributed by atoms with van der Waals surface area (Å²) in [6, 6.07) is 7.21. The molecule has 1 aromatic carbocycles. The van der Waals surface area contributed by atoms with Gasteiger partial charge in [-0.3, -0.25) is 0 Å². The van der Waals surface area contributed by atoms with E-state index in [1.165, 1.54) is 0 Å². The highest BCUT2D eigenvalue weighted by molar-refractivity contribution is 5.89. The van der Waals surface area contributed by atoms with Crippen LogP contribution in [0.4, 0.5) is 0 Å². The minimum Gasteiger partial charge on any atom is -0.432 e. The molecule has 2 heteroatoms. The summed E-state index contributed by atoms with van der Waals surface area (Å²) < 4.78 is 4.61. The lowest BCUT2D eigenvalue weighted by molar-refractivity contribution is 0.0664. The van der Waals surface area contributed by atoms with Gasteiger partial charge >= 0.3 is 5.97 Å². The summed E-state index contributed by atoms with van der Waals surface area (Å²) in [5, 5.41) is 0. The number of aryl methyl sites for hydroxylation is 1. The van der Waals surface area contributed by atoms with Crippen molar-refractivity contribution < 1.29 is 9.53 Å². The Kier molecular flexibility index (Phi) is 2.64. The Balaban J connectivity index is 2.87. The van der Waals surface area contributed by atoms with Crippen LogP contribution in [0, 0.1) is 6.92 Å². The van der Waals surface area contributed by atoms with Crippen LogP contribution in [0.1, 0.15) is 15.9 Å². The van der Waals surface area contributed by atoms with Gasteiger partial charge in [0.2, 0.25) is 0 Å². The molecule has 0 fully saturated rings. The number of benzene rings is 1. The van der Waals surface area contributed by atoms with Gasteiger partial charge in [-0.25, -0.2) is 4.79 Å². The van der Waals surface area contributed by atoms with Crippen LogP contribution in [-0.4, -0.2) is 5.97 Å². The van der Waals surface area contributed by atoms with Gasteiger partial charge in [-0.05, 0) is 19.1 Å². The normalized spacial score (nSPS) is 9.08. The van der Waals surface area contributed by atoms with Crippen molar-refractivity contribution in [3.8, 4) is 0 Å². The molecule has 0 saturated carbocycles. The molecule has 0 aliphatic rings. The lowest BCUT2D eigenvalue weighted by Gasteiger charge is -1.98. The fourth-order valence-corrected chi connectivity index (χ4v) is 0.916. The zero-order chi connectivity index (χ0) is 8.97. The number of rotatable bonds is 2. The smallest absolute Gasteiger partial charge is 0.342 e. The van der Waals surface area contributed by atoms with Gasteiger partial charge < -0.3 is 4.74 Å². The third kappa shape index (κ3) is 1.95. The number of hydrogen-bond donors (Lipinski definition) is 0. The van der Waals surface area contributed by atoms with Crippen molar-refractivity contribution in [1.29, 1.82) is 0 Å². The zero-order valence-electron chi connectivity index (χ0n) is 6.91. The van der Waals surface area contributed by atoms with E-state index in [0.29, 0.717) is 5.56 Å². The summed E-state index contributed by atoms with van der Waals surface area (Å²) in [7, 11) is 0. The SMILES string of the molecule is C=COC(=O)c1cccc(C)c1. The maximum absolute atomic E-state index is 11.1. The molecule has 0 aliphatic heterocycles. The van der Waals surface area contributed by atoms with Crippen molar-refractivity contribution in [2.75, 3.05) is 0 Å². The van der Waals surface area contributed by atoms with E-state index in [4.69, 9.17) is 0 Å². The van der Waals surface area contributed by atoms with Gasteiger partial charge in [0, 0.05) is 0 Å². The fourth-order valence-electron chi connectivity index (χ4n) is 0.916. The number of hydrogen-bond acceptors (Lipinski definition) is 2. The molecule has 0 saturated heterocycles. The van der Waals surface area contributed by atoms with Crippen molar-refractivity contribution in [3.63, 3.8) is 0 Å². The Hall–Kier alpha value is -1.57. The maximum atomic E-state index is 11.1. The van der Waals surface area contributed by atoms with E-state index in [-0.39, 0.29) is 5.97 Å². The topological polar surface area (TPSA) is 26.3 Å². The molecule has 1 rings (SSSR count). The Labute approximate surface area is 71.5 Å². The van der Waals surface area contributed by atoms with Gasteiger partial charge in [-0.1, -0.05) is 24.3 Å². The van der Waals surface area contributed by atoms with Gasteiger partial charge in [-0.15, -0.1) is 0 Å². The minimum absolute atomic E-state index is 0.367. The van der Waals surface area contributed by atoms with E-state index >= 15 is 0 Å². The van der Waals surface area contributed by atoms with Gasteiger partial charge in [0.25, 0.3) is 0 Å². The van der Waals surface area contributed by atoms with Crippen LogP contribution in [0.25, 0.3) is 0 Å². The van der Waals surface area contributed by atoms with Gasteiger partial charge in [0.15, 0.2) is 0 Å². The highest BCUT2D eigenvalue weighted by Gasteiger charge is 2.03. The lowest BCUT2D eigenvalue weighted by Crippen LogP contribution is -1.99. The molecule has 12 heavy (non-hydrogen) atoms. The molecule has 0 bridgehead atoms. The van der Waals surface area contributed by atoms with Gasteiger partial charge in [0.05, 0.1) is 11.8 Å². The highest BCUT2D eigenvalue weighted by Crippen LogP contribution is 2.05. The Morgan fingerprint density at radius 2 is 2.33 bits per heavy atom. The summed E-state index contributed by atoms with van der Waals surface area (Å²) in [5.41, 5.74) is 1.59. The molecule has 0 radical (unpaired) electrons. The average molecular weight is 162 g/mol. The molecule has 0 aromatic heterocycles. The van der Waals surface area contributed by atoms with Crippen LogP contribution in [0.3, 0.4) is 0 Å². The molecule has 0 atom stereocenters. The first-order valence-electron chi connectivity index (χ1n) is 3.62. The van der Waals surface area contributed by atoms with Crippen LogP contribution in [-0.2, 0) is 4.74 Å². The summed E-state index contributed by atoms with van der Waals surface area (Å²) in [6.07, 6.45) is 1.13. The second-order valence-corrected chi connectivity index (χ2v) is 2.44. The third-order valence-corrected chi connectivity index (χ3v) is 1.44. The van der Waals surface area contributed by atoms with E-state index in [2.05, 4.69) is 11.3 Å². The number of carbonyl (C=O) groups excluding carboxylic acids is 1. The van der Waals surface area contributed by atoms with Crippen LogP contribution in [0.2, 0.25) is 0 Å². The molecular weight excluding hydrogens is 152 g/mol. The molecule has 0 amide bonds.